The maximum atomic E-state index is 4.90. The Morgan fingerprint density at radius 3 is 2.61 bits per heavy atom. The molecule has 4 rings (SSSR count). The Kier molecular flexibility index (Phi) is 6.38. The maximum Gasteiger partial charge on any atom is 0.0976 e. The predicted molar refractivity (Wildman–Crippen MR) is 131 cm³/mol. The molecule has 0 amide bonds. The molecule has 28 heavy (non-hydrogen) atoms. The molecule has 0 bridgehead atoms. The molecule has 1 aromatic heterocycles. The zero-order valence-electron chi connectivity index (χ0n) is 16.8. The van der Waals surface area contributed by atoms with Crippen molar-refractivity contribution in [1.29, 1.82) is 0 Å². The van der Waals surface area contributed by atoms with Crippen molar-refractivity contribution < 1.29 is 0 Å². The average Bonchev–Trinajstić information content (AvgIpc) is 3.16. The second kappa shape index (κ2) is 8.97. The Hall–Kier alpha value is -1.37. The molecule has 1 N–H and O–H groups in total. The molecule has 2 aromatic carbocycles. The molecule has 0 radical (unpaired) electrons. The SMILES string of the molecule is Cc1ccc(-c2csc(Cc3cc(C)c(I=C4CCCCN4)cc3C)n2)cc1. The van der Waals surface area contributed by atoms with E-state index in [1.54, 1.807) is 18.5 Å². The molecule has 1 fully saturated rings. The number of hydrogen-bond donors (Lipinski definition) is 1. The Morgan fingerprint density at radius 2 is 1.86 bits per heavy atom. The van der Waals surface area contributed by atoms with Crippen LogP contribution < -0.4 is 5.32 Å². The fraction of sp³-hybridized carbons (Fsp3) is 0.333. The number of nitrogens with one attached hydrogen (secondary N) is 1. The minimum absolute atomic E-state index is 0.0431. The summed E-state index contributed by atoms with van der Waals surface area (Å²) >= 11 is 1.73. The normalized spacial score (nSPS) is 16.2. The van der Waals surface area contributed by atoms with E-state index < -0.39 is 0 Å². The van der Waals surface area contributed by atoms with E-state index in [4.69, 9.17) is 4.98 Å². The molecule has 0 unspecified atom stereocenters. The van der Waals surface area contributed by atoms with Crippen LogP contribution in [0.25, 0.3) is 11.3 Å². The highest BCUT2D eigenvalue weighted by atomic mass is 127. The third-order valence-corrected chi connectivity index (χ3v) is 9.38. The summed E-state index contributed by atoms with van der Waals surface area (Å²) in [4.78, 5) is 4.90. The van der Waals surface area contributed by atoms with Crippen LogP contribution in [0.1, 0.15) is 46.5 Å². The van der Waals surface area contributed by atoms with Gasteiger partial charge in [0.25, 0.3) is 0 Å². The lowest BCUT2D eigenvalue weighted by molar-refractivity contribution is 0.680. The Balaban J connectivity index is 1.54. The Bertz CT molecular complexity index is 994. The van der Waals surface area contributed by atoms with E-state index in [9.17, 15) is 0 Å². The van der Waals surface area contributed by atoms with E-state index in [1.165, 1.54) is 58.6 Å². The molecule has 1 aliphatic rings. The number of hydrogen-bond acceptors (Lipinski definition) is 3. The van der Waals surface area contributed by atoms with Gasteiger partial charge < -0.3 is 0 Å². The number of thiazole rings is 1. The summed E-state index contributed by atoms with van der Waals surface area (Å²) in [6, 6.07) is 13.5. The molecule has 1 aliphatic heterocycles. The van der Waals surface area contributed by atoms with Crippen LogP contribution in [0, 0.1) is 24.3 Å². The van der Waals surface area contributed by atoms with E-state index in [2.05, 4.69) is 67.9 Å². The molecular weight excluding hydrogens is 475 g/mol. The van der Waals surface area contributed by atoms with Crippen molar-refractivity contribution >= 4 is 35.7 Å². The zero-order chi connectivity index (χ0) is 19.5. The van der Waals surface area contributed by atoms with E-state index in [-0.39, 0.29) is 20.7 Å². The monoisotopic (exact) mass is 502 g/mol. The lowest BCUT2D eigenvalue weighted by Crippen LogP contribution is -2.27. The van der Waals surface area contributed by atoms with Gasteiger partial charge in [-0.3, -0.25) is 5.32 Å². The van der Waals surface area contributed by atoms with Crippen LogP contribution >= 0.6 is 32.1 Å². The van der Waals surface area contributed by atoms with Crippen molar-refractivity contribution in [2.45, 2.75) is 46.5 Å². The smallest absolute Gasteiger partial charge is 0.0976 e. The lowest BCUT2D eigenvalue weighted by Gasteiger charge is -2.16. The van der Waals surface area contributed by atoms with Gasteiger partial charge in [-0.25, -0.2) is 4.98 Å². The predicted octanol–water partition coefficient (Wildman–Crippen LogP) is 6.37. The van der Waals surface area contributed by atoms with Crippen molar-refractivity contribution in [3.8, 4) is 11.3 Å². The van der Waals surface area contributed by atoms with Gasteiger partial charge in [-0.15, -0.1) is 11.3 Å². The van der Waals surface area contributed by atoms with Crippen LogP contribution in [0.15, 0.2) is 41.8 Å². The van der Waals surface area contributed by atoms with E-state index in [0.717, 1.165) is 12.1 Å². The zero-order valence-corrected chi connectivity index (χ0v) is 19.8. The van der Waals surface area contributed by atoms with Crippen LogP contribution in [0.3, 0.4) is 0 Å². The highest BCUT2D eigenvalue weighted by molar-refractivity contribution is 14.2. The van der Waals surface area contributed by atoms with Crippen molar-refractivity contribution in [2.24, 2.45) is 0 Å². The van der Waals surface area contributed by atoms with Gasteiger partial charge in [-0.05, 0) is 62.8 Å². The van der Waals surface area contributed by atoms with Crippen LogP contribution in [-0.2, 0) is 6.42 Å². The van der Waals surface area contributed by atoms with Crippen molar-refractivity contribution in [1.82, 2.24) is 10.3 Å². The summed E-state index contributed by atoms with van der Waals surface area (Å²) < 4.78 is 3.19. The summed E-state index contributed by atoms with van der Waals surface area (Å²) in [7, 11) is 0. The minimum Gasteiger partial charge on any atom is -0.287 e. The van der Waals surface area contributed by atoms with Gasteiger partial charge in [0.15, 0.2) is 0 Å². The fourth-order valence-electron chi connectivity index (χ4n) is 3.47. The third kappa shape index (κ3) is 4.78. The highest BCUT2D eigenvalue weighted by Crippen LogP contribution is 2.28. The van der Waals surface area contributed by atoms with Crippen molar-refractivity contribution in [3.05, 3.63) is 72.6 Å². The molecule has 0 saturated carbocycles. The third-order valence-electron chi connectivity index (χ3n) is 5.21. The first-order valence-corrected chi connectivity index (χ1v) is 13.0. The Morgan fingerprint density at radius 1 is 1.04 bits per heavy atom. The molecule has 4 heteroatoms. The first-order chi connectivity index (χ1) is 13.6. The van der Waals surface area contributed by atoms with Crippen molar-refractivity contribution in [2.75, 3.05) is 6.54 Å². The topological polar surface area (TPSA) is 24.9 Å². The van der Waals surface area contributed by atoms with Crippen molar-refractivity contribution in [3.63, 3.8) is 0 Å². The minimum atomic E-state index is -0.0431. The van der Waals surface area contributed by atoms with Crippen LogP contribution in [-0.4, -0.2) is 15.2 Å². The number of benzene rings is 2. The highest BCUT2D eigenvalue weighted by Gasteiger charge is 2.11. The number of rotatable bonds is 4. The number of aromatic nitrogens is 1. The van der Waals surface area contributed by atoms with Gasteiger partial charge in [0.1, 0.15) is 0 Å². The molecule has 0 spiro atoms. The van der Waals surface area contributed by atoms with Crippen LogP contribution in [0.4, 0.5) is 0 Å². The van der Waals surface area contributed by atoms with Gasteiger partial charge >= 0.3 is 0 Å². The van der Waals surface area contributed by atoms with E-state index in [1.807, 2.05) is 0 Å². The Labute approximate surface area is 182 Å². The fourth-order valence-corrected chi connectivity index (χ4v) is 7.31. The summed E-state index contributed by atoms with van der Waals surface area (Å²) in [5, 5.41) is 7.03. The second-order valence-corrected chi connectivity index (χ2v) is 11.5. The van der Waals surface area contributed by atoms with Gasteiger partial charge in [-0.1, -0.05) is 56.6 Å². The van der Waals surface area contributed by atoms with E-state index >= 15 is 0 Å². The lowest BCUT2D eigenvalue weighted by atomic mass is 10.0. The van der Waals surface area contributed by atoms with Gasteiger partial charge in [-0.2, -0.15) is 0 Å². The summed E-state index contributed by atoms with van der Waals surface area (Å²) in [5.74, 6) is 0. The molecule has 2 heterocycles. The molecule has 0 atom stereocenters. The first-order valence-electron chi connectivity index (χ1n) is 9.94. The average molecular weight is 502 g/mol. The molecule has 0 aliphatic carbocycles. The molecule has 1 saturated heterocycles. The number of halogens is 1. The number of nitrogens with zero attached hydrogens (tertiary/aromatic N) is 1. The molecular formula is C24H27IN2S. The largest absolute Gasteiger partial charge is 0.287 e. The maximum absolute atomic E-state index is 4.90. The number of aryl methyl sites for hydroxylation is 3. The summed E-state index contributed by atoms with van der Waals surface area (Å²) in [6.45, 7) is 7.82. The quantitative estimate of drug-likeness (QED) is 0.420. The molecule has 146 valence electrons. The van der Waals surface area contributed by atoms with E-state index in [0.29, 0.717) is 0 Å². The summed E-state index contributed by atoms with van der Waals surface area (Å²) in [5.41, 5.74) is 7.86. The number of piperidine rings is 1. The van der Waals surface area contributed by atoms with Crippen LogP contribution in [0.2, 0.25) is 0 Å². The van der Waals surface area contributed by atoms with Gasteiger partial charge in [0.2, 0.25) is 0 Å². The van der Waals surface area contributed by atoms with Crippen LogP contribution in [0.5, 0.6) is 0 Å². The second-order valence-electron chi connectivity index (χ2n) is 7.58. The molecule has 2 nitrogen and oxygen atoms in total. The van der Waals surface area contributed by atoms with Gasteiger partial charge in [0.05, 0.1) is 10.7 Å². The summed E-state index contributed by atoms with van der Waals surface area (Å²) in [6.07, 6.45) is 4.87. The van der Waals surface area contributed by atoms with Gasteiger partial charge in [0, 0.05) is 31.1 Å². The first kappa shape index (κ1) is 19.9. The standard InChI is InChI=1S/C24H27IN2S/c1-16-7-9-19(10-8-16)22-15-28-24(27-22)14-20-12-18(3)21(13-17(20)2)25-23-6-4-5-11-26-23/h7-10,12-13,15,26H,4-6,11,14H2,1-3H3. The molecule has 3 aromatic rings.